The van der Waals surface area contributed by atoms with E-state index in [1.165, 1.54) is 0 Å². The average Bonchev–Trinajstić information content (AvgIpc) is 2.30. The molecule has 0 aliphatic carbocycles. The van der Waals surface area contributed by atoms with Crippen LogP contribution in [0, 0.1) is 0 Å². The first-order valence-corrected chi connectivity index (χ1v) is 4.78. The summed E-state index contributed by atoms with van der Waals surface area (Å²) in [6.45, 7) is 0. The number of aromatic hydroxyl groups is 1. The van der Waals surface area contributed by atoms with E-state index < -0.39 is 0 Å². The van der Waals surface area contributed by atoms with Crippen LogP contribution in [0.3, 0.4) is 0 Å². The summed E-state index contributed by atoms with van der Waals surface area (Å²) >= 11 is 0. The van der Waals surface area contributed by atoms with Gasteiger partial charge in [-0.3, -0.25) is 0 Å². The molecule has 0 saturated carbocycles. The summed E-state index contributed by atoms with van der Waals surface area (Å²) < 4.78 is 0. The van der Waals surface area contributed by atoms with E-state index in [2.05, 4.69) is 15.2 Å². The molecule has 0 radical (unpaired) electrons. The minimum atomic E-state index is 0.170. The Labute approximate surface area is 88.4 Å². The molecule has 0 spiro atoms. The van der Waals surface area contributed by atoms with Gasteiger partial charge in [0.15, 0.2) is 5.82 Å². The van der Waals surface area contributed by atoms with Crippen LogP contribution in [0.4, 0.5) is 0 Å². The quantitative estimate of drug-likeness (QED) is 0.710. The smallest absolute Gasteiger partial charge is 0.185 e. The molecule has 0 saturated heterocycles. The summed E-state index contributed by atoms with van der Waals surface area (Å²) in [5, 5.41) is 17.5. The SMILES string of the molecule is BCc1cnc(-c2ccccc2O)nn1. The number of aromatic nitrogens is 3. The lowest BCUT2D eigenvalue weighted by Crippen LogP contribution is -1.97. The Balaban J connectivity index is 2.42. The molecule has 5 heteroatoms. The topological polar surface area (TPSA) is 58.9 Å². The van der Waals surface area contributed by atoms with Gasteiger partial charge in [-0.2, -0.15) is 5.10 Å². The Morgan fingerprint density at radius 3 is 2.60 bits per heavy atom. The Hall–Kier alpha value is -1.91. The molecule has 15 heavy (non-hydrogen) atoms. The number of nitrogens with zero attached hydrogens (tertiary/aromatic N) is 3. The second-order valence-electron chi connectivity index (χ2n) is 3.14. The van der Waals surface area contributed by atoms with Crippen molar-refractivity contribution in [2.24, 2.45) is 0 Å². The fraction of sp³-hybridized carbons (Fsp3) is 0.100. The van der Waals surface area contributed by atoms with Crippen LogP contribution in [0.25, 0.3) is 11.4 Å². The summed E-state index contributed by atoms with van der Waals surface area (Å²) in [7, 11) is 1.99. The van der Waals surface area contributed by atoms with Gasteiger partial charge in [0.2, 0.25) is 0 Å². The second kappa shape index (κ2) is 4.08. The van der Waals surface area contributed by atoms with Gasteiger partial charge in [0.1, 0.15) is 13.6 Å². The minimum absolute atomic E-state index is 0.170. The highest BCUT2D eigenvalue weighted by molar-refractivity contribution is 6.08. The van der Waals surface area contributed by atoms with Crippen molar-refractivity contribution in [2.75, 3.05) is 0 Å². The third-order valence-corrected chi connectivity index (χ3v) is 2.12. The van der Waals surface area contributed by atoms with Gasteiger partial charge < -0.3 is 5.11 Å². The van der Waals surface area contributed by atoms with Crippen LogP contribution in [-0.4, -0.2) is 28.1 Å². The number of hydrogen-bond acceptors (Lipinski definition) is 4. The molecular weight excluding hydrogens is 189 g/mol. The van der Waals surface area contributed by atoms with Gasteiger partial charge in [0.05, 0.1) is 17.5 Å². The van der Waals surface area contributed by atoms with Gasteiger partial charge in [0, 0.05) is 0 Å². The van der Waals surface area contributed by atoms with Gasteiger partial charge in [-0.1, -0.05) is 12.1 Å². The van der Waals surface area contributed by atoms with Crippen molar-refractivity contribution in [1.29, 1.82) is 0 Å². The van der Waals surface area contributed by atoms with Crippen molar-refractivity contribution in [2.45, 2.75) is 6.32 Å². The summed E-state index contributed by atoms with van der Waals surface area (Å²) in [5.74, 6) is 0.619. The van der Waals surface area contributed by atoms with E-state index in [-0.39, 0.29) is 5.75 Å². The number of hydrogen-bond donors (Lipinski definition) is 1. The summed E-state index contributed by atoms with van der Waals surface area (Å²) in [6.07, 6.45) is 2.48. The standard InChI is InChI=1S/C10H10BN3O/c11-5-7-6-12-10(14-13-7)8-3-1-2-4-9(8)15/h1-4,6,15H,5,11H2. The molecule has 1 aromatic carbocycles. The molecule has 0 aliphatic rings. The predicted molar refractivity (Wildman–Crippen MR) is 59.2 cm³/mol. The van der Waals surface area contributed by atoms with Crippen LogP contribution in [0.5, 0.6) is 5.75 Å². The maximum Gasteiger partial charge on any atom is 0.185 e. The lowest BCUT2D eigenvalue weighted by atomic mass is 10.0. The Kier molecular flexibility index (Phi) is 2.62. The molecular formula is C10H10BN3O. The van der Waals surface area contributed by atoms with Gasteiger partial charge in [-0.15, -0.1) is 5.10 Å². The second-order valence-corrected chi connectivity index (χ2v) is 3.14. The van der Waals surface area contributed by atoms with Crippen LogP contribution in [0.2, 0.25) is 0 Å². The third-order valence-electron chi connectivity index (χ3n) is 2.12. The van der Waals surface area contributed by atoms with Gasteiger partial charge in [0.25, 0.3) is 0 Å². The highest BCUT2D eigenvalue weighted by Gasteiger charge is 2.06. The lowest BCUT2D eigenvalue weighted by Gasteiger charge is -2.01. The fourth-order valence-electron chi connectivity index (χ4n) is 1.25. The molecule has 0 unspecified atom stereocenters. The number of benzene rings is 1. The monoisotopic (exact) mass is 199 g/mol. The minimum Gasteiger partial charge on any atom is -0.507 e. The van der Waals surface area contributed by atoms with Crippen LogP contribution in [0.15, 0.2) is 30.5 Å². The normalized spacial score (nSPS) is 10.1. The van der Waals surface area contributed by atoms with Gasteiger partial charge >= 0.3 is 0 Å². The molecule has 1 aromatic heterocycles. The Morgan fingerprint density at radius 1 is 1.20 bits per heavy atom. The Morgan fingerprint density at radius 2 is 2.00 bits per heavy atom. The van der Waals surface area contributed by atoms with E-state index in [9.17, 15) is 5.11 Å². The van der Waals surface area contributed by atoms with Crippen LogP contribution in [0.1, 0.15) is 5.69 Å². The van der Waals surface area contributed by atoms with Crippen molar-refractivity contribution < 1.29 is 5.11 Å². The van der Waals surface area contributed by atoms with E-state index in [4.69, 9.17) is 0 Å². The molecule has 0 fully saturated rings. The first-order valence-electron chi connectivity index (χ1n) is 4.78. The zero-order chi connectivity index (χ0) is 10.7. The molecule has 0 bridgehead atoms. The van der Waals surface area contributed by atoms with E-state index in [1.807, 2.05) is 13.9 Å². The predicted octanol–water partition coefficient (Wildman–Crippen LogP) is 0.377. The fourth-order valence-corrected chi connectivity index (χ4v) is 1.25. The molecule has 0 amide bonds. The lowest BCUT2D eigenvalue weighted by molar-refractivity contribution is 0.476. The molecule has 1 heterocycles. The van der Waals surface area contributed by atoms with Crippen LogP contribution in [-0.2, 0) is 6.32 Å². The van der Waals surface area contributed by atoms with E-state index >= 15 is 0 Å². The largest absolute Gasteiger partial charge is 0.507 e. The molecule has 2 rings (SSSR count). The summed E-state index contributed by atoms with van der Waals surface area (Å²) in [4.78, 5) is 4.15. The van der Waals surface area contributed by atoms with Crippen LogP contribution < -0.4 is 0 Å². The van der Waals surface area contributed by atoms with E-state index in [1.54, 1.807) is 24.4 Å². The Bertz CT molecular complexity index is 458. The molecule has 0 aliphatic heterocycles. The van der Waals surface area contributed by atoms with Crippen molar-refractivity contribution in [3.05, 3.63) is 36.2 Å². The maximum absolute atomic E-state index is 9.58. The molecule has 2 aromatic rings. The zero-order valence-electron chi connectivity index (χ0n) is 8.38. The summed E-state index contributed by atoms with van der Waals surface area (Å²) in [5.41, 5.74) is 1.45. The van der Waals surface area contributed by atoms with E-state index in [0.717, 1.165) is 12.0 Å². The first-order chi connectivity index (χ1) is 7.31. The maximum atomic E-state index is 9.58. The number of phenols is 1. The zero-order valence-corrected chi connectivity index (χ0v) is 8.38. The average molecular weight is 199 g/mol. The number of para-hydroxylation sites is 1. The third kappa shape index (κ3) is 1.96. The number of rotatable bonds is 2. The van der Waals surface area contributed by atoms with Crippen molar-refractivity contribution in [1.82, 2.24) is 15.2 Å². The van der Waals surface area contributed by atoms with E-state index in [0.29, 0.717) is 11.4 Å². The number of phenolic OH excluding ortho intramolecular Hbond substituents is 1. The molecule has 74 valence electrons. The van der Waals surface area contributed by atoms with Crippen molar-refractivity contribution in [3.63, 3.8) is 0 Å². The van der Waals surface area contributed by atoms with Gasteiger partial charge in [-0.05, 0) is 18.5 Å². The van der Waals surface area contributed by atoms with Gasteiger partial charge in [-0.25, -0.2) is 4.98 Å². The highest BCUT2D eigenvalue weighted by Crippen LogP contribution is 2.24. The highest BCUT2D eigenvalue weighted by atomic mass is 16.3. The van der Waals surface area contributed by atoms with Crippen molar-refractivity contribution >= 4 is 7.85 Å². The molecule has 1 N–H and O–H groups in total. The van der Waals surface area contributed by atoms with Crippen molar-refractivity contribution in [3.8, 4) is 17.1 Å². The van der Waals surface area contributed by atoms with Crippen LogP contribution >= 0.6 is 0 Å². The molecule has 4 nitrogen and oxygen atoms in total. The molecule has 0 atom stereocenters. The first kappa shape index (κ1) is 9.64. The summed E-state index contributed by atoms with van der Waals surface area (Å²) in [6, 6.07) is 6.95.